The van der Waals surface area contributed by atoms with Crippen LogP contribution < -0.4 is 0 Å². The third kappa shape index (κ3) is 3.27. The van der Waals surface area contributed by atoms with Gasteiger partial charge in [0.05, 0.1) is 23.0 Å². The summed E-state index contributed by atoms with van der Waals surface area (Å²) >= 11 is 0. The number of hydrogen-bond acceptors (Lipinski definition) is 3. The first-order valence-electron chi connectivity index (χ1n) is 8.62. The summed E-state index contributed by atoms with van der Waals surface area (Å²) in [5.74, 6) is 0.0120. The Morgan fingerprint density at radius 1 is 1.28 bits per heavy atom. The number of carbonyl (C=O) groups excluding carboxylic acids is 1. The molecule has 0 radical (unpaired) electrons. The Morgan fingerprint density at radius 2 is 2.04 bits per heavy atom. The Bertz CT molecular complexity index is 927. The molecule has 1 amide bonds. The van der Waals surface area contributed by atoms with Gasteiger partial charge in [0, 0.05) is 36.8 Å². The van der Waals surface area contributed by atoms with E-state index in [1.54, 1.807) is 11.1 Å². The Hall–Kier alpha value is -2.69. The van der Waals surface area contributed by atoms with Crippen molar-refractivity contribution in [2.24, 2.45) is 0 Å². The van der Waals surface area contributed by atoms with Gasteiger partial charge in [-0.05, 0) is 45.9 Å². The van der Waals surface area contributed by atoms with E-state index in [2.05, 4.69) is 18.9 Å². The molecule has 0 N–H and O–H groups in total. The smallest absolute Gasteiger partial charge is 0.254 e. The van der Waals surface area contributed by atoms with Gasteiger partial charge in [-0.15, -0.1) is 0 Å². The third-order valence-electron chi connectivity index (χ3n) is 4.44. The molecule has 0 saturated heterocycles. The molecule has 0 fully saturated rings. The molecule has 2 aromatic heterocycles. The van der Waals surface area contributed by atoms with Crippen molar-refractivity contribution < 1.29 is 4.79 Å². The maximum absolute atomic E-state index is 12.9. The second-order valence-corrected chi connectivity index (χ2v) is 6.70. The summed E-state index contributed by atoms with van der Waals surface area (Å²) in [7, 11) is 1.82. The maximum atomic E-state index is 12.9. The van der Waals surface area contributed by atoms with Crippen LogP contribution in [0.1, 0.15) is 42.7 Å². The standard InChI is InChI=1S/C20H24N4O/c1-6-23(5)20(25)17-10-19(15-11-21-24(12-15)13(2)3)22-18-8-7-14(4)9-16(17)18/h7-13H,6H2,1-5H3. The van der Waals surface area contributed by atoms with Crippen LogP contribution in [0, 0.1) is 6.92 Å². The van der Waals surface area contributed by atoms with Crippen molar-refractivity contribution in [3.05, 3.63) is 47.8 Å². The Kier molecular flexibility index (Phi) is 4.57. The minimum Gasteiger partial charge on any atom is -0.342 e. The van der Waals surface area contributed by atoms with Crippen molar-refractivity contribution in [2.75, 3.05) is 13.6 Å². The molecule has 0 aliphatic heterocycles. The average Bonchev–Trinajstić information content (AvgIpc) is 3.10. The molecule has 1 aromatic carbocycles. The van der Waals surface area contributed by atoms with E-state index in [1.807, 2.05) is 56.0 Å². The van der Waals surface area contributed by atoms with E-state index in [9.17, 15) is 4.79 Å². The lowest BCUT2D eigenvalue weighted by Crippen LogP contribution is -2.26. The predicted molar refractivity (Wildman–Crippen MR) is 101 cm³/mol. The fourth-order valence-corrected chi connectivity index (χ4v) is 2.77. The number of aromatic nitrogens is 3. The van der Waals surface area contributed by atoms with E-state index < -0.39 is 0 Å². The molecule has 0 unspecified atom stereocenters. The van der Waals surface area contributed by atoms with Crippen molar-refractivity contribution in [1.29, 1.82) is 0 Å². The minimum absolute atomic E-state index is 0.0120. The first kappa shape index (κ1) is 17.1. The Balaban J connectivity index is 2.20. The monoisotopic (exact) mass is 336 g/mol. The number of pyridine rings is 1. The average molecular weight is 336 g/mol. The molecule has 0 spiro atoms. The highest BCUT2D eigenvalue weighted by atomic mass is 16.2. The quantitative estimate of drug-likeness (QED) is 0.721. The van der Waals surface area contributed by atoms with Gasteiger partial charge in [-0.3, -0.25) is 9.48 Å². The van der Waals surface area contributed by atoms with Crippen molar-refractivity contribution >= 4 is 16.8 Å². The van der Waals surface area contributed by atoms with Crippen LogP contribution >= 0.6 is 0 Å². The molecular weight excluding hydrogens is 312 g/mol. The largest absolute Gasteiger partial charge is 0.342 e. The number of carbonyl (C=O) groups is 1. The number of fused-ring (bicyclic) bond motifs is 1. The van der Waals surface area contributed by atoms with Crippen molar-refractivity contribution in [3.8, 4) is 11.3 Å². The lowest BCUT2D eigenvalue weighted by molar-refractivity contribution is 0.0804. The van der Waals surface area contributed by atoms with E-state index in [1.165, 1.54) is 0 Å². The van der Waals surface area contributed by atoms with Crippen LogP contribution in [0.25, 0.3) is 22.2 Å². The van der Waals surface area contributed by atoms with Crippen LogP contribution in [0.5, 0.6) is 0 Å². The van der Waals surface area contributed by atoms with E-state index >= 15 is 0 Å². The zero-order valence-electron chi connectivity index (χ0n) is 15.4. The highest BCUT2D eigenvalue weighted by Crippen LogP contribution is 2.27. The fraction of sp³-hybridized carbons (Fsp3) is 0.350. The van der Waals surface area contributed by atoms with Gasteiger partial charge in [0.25, 0.3) is 5.91 Å². The van der Waals surface area contributed by atoms with Gasteiger partial charge in [-0.1, -0.05) is 11.6 Å². The SMILES string of the molecule is CCN(C)C(=O)c1cc(-c2cnn(C(C)C)c2)nc2ccc(C)cc12. The summed E-state index contributed by atoms with van der Waals surface area (Å²) < 4.78 is 1.90. The Labute approximate surface area is 148 Å². The lowest BCUT2D eigenvalue weighted by atomic mass is 10.0. The van der Waals surface area contributed by atoms with Gasteiger partial charge in [-0.25, -0.2) is 4.98 Å². The molecule has 25 heavy (non-hydrogen) atoms. The summed E-state index contributed by atoms with van der Waals surface area (Å²) in [5.41, 5.74) is 4.32. The van der Waals surface area contributed by atoms with E-state index in [-0.39, 0.29) is 11.9 Å². The van der Waals surface area contributed by atoms with Gasteiger partial charge in [0.1, 0.15) is 0 Å². The maximum Gasteiger partial charge on any atom is 0.254 e. The molecule has 3 aromatic rings. The summed E-state index contributed by atoms with van der Waals surface area (Å²) in [4.78, 5) is 19.4. The molecular formula is C20H24N4O. The number of rotatable bonds is 4. The second kappa shape index (κ2) is 6.67. The first-order valence-corrected chi connectivity index (χ1v) is 8.62. The number of hydrogen-bond donors (Lipinski definition) is 0. The third-order valence-corrected chi connectivity index (χ3v) is 4.44. The fourth-order valence-electron chi connectivity index (χ4n) is 2.77. The molecule has 130 valence electrons. The van der Waals surface area contributed by atoms with Crippen molar-refractivity contribution in [3.63, 3.8) is 0 Å². The zero-order valence-corrected chi connectivity index (χ0v) is 15.4. The summed E-state index contributed by atoms with van der Waals surface area (Å²) in [6, 6.07) is 8.19. The first-order chi connectivity index (χ1) is 11.9. The van der Waals surface area contributed by atoms with Crippen LogP contribution in [0.4, 0.5) is 0 Å². The van der Waals surface area contributed by atoms with Gasteiger partial charge in [0.2, 0.25) is 0 Å². The van der Waals surface area contributed by atoms with Gasteiger partial charge in [-0.2, -0.15) is 5.10 Å². The summed E-state index contributed by atoms with van der Waals surface area (Å²) in [6.07, 6.45) is 3.78. The van der Waals surface area contributed by atoms with Gasteiger partial charge >= 0.3 is 0 Å². The molecule has 0 atom stereocenters. The van der Waals surface area contributed by atoms with Crippen LogP contribution in [0.15, 0.2) is 36.7 Å². The second-order valence-electron chi connectivity index (χ2n) is 6.70. The topological polar surface area (TPSA) is 51.0 Å². The number of benzene rings is 1. The van der Waals surface area contributed by atoms with E-state index in [0.29, 0.717) is 12.1 Å². The lowest BCUT2D eigenvalue weighted by Gasteiger charge is -2.17. The number of amides is 1. The van der Waals surface area contributed by atoms with E-state index in [4.69, 9.17) is 4.98 Å². The molecule has 0 saturated carbocycles. The number of aryl methyl sites for hydroxylation is 1. The van der Waals surface area contributed by atoms with Crippen LogP contribution in [-0.2, 0) is 0 Å². The molecule has 0 bridgehead atoms. The molecule has 5 nitrogen and oxygen atoms in total. The van der Waals surface area contributed by atoms with Crippen LogP contribution in [0.3, 0.4) is 0 Å². The van der Waals surface area contributed by atoms with Crippen LogP contribution in [0.2, 0.25) is 0 Å². The van der Waals surface area contributed by atoms with Crippen molar-refractivity contribution in [2.45, 2.75) is 33.7 Å². The molecule has 2 heterocycles. The molecule has 0 aliphatic rings. The zero-order chi connectivity index (χ0) is 18.1. The van der Waals surface area contributed by atoms with Crippen molar-refractivity contribution in [1.82, 2.24) is 19.7 Å². The summed E-state index contributed by atoms with van der Waals surface area (Å²) in [5, 5.41) is 5.29. The predicted octanol–water partition coefficient (Wildman–Crippen LogP) is 4.08. The Morgan fingerprint density at radius 3 is 2.68 bits per heavy atom. The number of nitrogens with zero attached hydrogens (tertiary/aromatic N) is 4. The van der Waals surface area contributed by atoms with Gasteiger partial charge < -0.3 is 4.90 Å². The molecule has 0 aliphatic carbocycles. The van der Waals surface area contributed by atoms with Gasteiger partial charge in [0.15, 0.2) is 0 Å². The highest BCUT2D eigenvalue weighted by molar-refractivity contribution is 6.07. The highest BCUT2D eigenvalue weighted by Gasteiger charge is 2.17. The normalized spacial score (nSPS) is 11.3. The summed E-state index contributed by atoms with van der Waals surface area (Å²) in [6.45, 7) is 8.82. The molecule has 5 heteroatoms. The minimum atomic E-state index is 0.0120. The van der Waals surface area contributed by atoms with E-state index in [0.717, 1.165) is 27.7 Å². The van der Waals surface area contributed by atoms with Crippen LogP contribution in [-0.4, -0.2) is 39.2 Å². The molecule has 3 rings (SSSR count).